The van der Waals surface area contributed by atoms with Gasteiger partial charge < -0.3 is 9.88 Å². The zero-order chi connectivity index (χ0) is 13.1. The molecule has 0 saturated heterocycles. The molecule has 0 aliphatic heterocycles. The largest absolute Gasteiger partial charge is 0.340 e. The quantitative estimate of drug-likeness (QED) is 0.904. The van der Waals surface area contributed by atoms with Gasteiger partial charge in [-0.3, -0.25) is 0 Å². The summed E-state index contributed by atoms with van der Waals surface area (Å²) in [7, 11) is 1.87. The first kappa shape index (κ1) is 12.7. The van der Waals surface area contributed by atoms with Crippen molar-refractivity contribution in [2.45, 2.75) is 13.0 Å². The molecule has 96 valence electrons. The number of aromatic nitrogens is 2. The van der Waals surface area contributed by atoms with Gasteiger partial charge >= 0.3 is 0 Å². The first-order valence-corrected chi connectivity index (χ1v) is 5.78. The van der Waals surface area contributed by atoms with Crippen LogP contribution in [0.2, 0.25) is 0 Å². The molecule has 2 rings (SSSR count). The number of rotatable bonds is 4. The lowest BCUT2D eigenvalue weighted by molar-refractivity contribution is 0.503. The molecule has 0 radical (unpaired) electrons. The maximum Gasteiger partial charge on any atom is 0.159 e. The first-order chi connectivity index (χ1) is 8.61. The highest BCUT2D eigenvalue weighted by molar-refractivity contribution is 5.28. The number of halogens is 2. The number of benzene rings is 1. The number of nitrogens with zero attached hydrogens (tertiary/aromatic N) is 2. The molecule has 1 unspecified atom stereocenters. The Labute approximate surface area is 104 Å². The lowest BCUT2D eigenvalue weighted by atomic mass is 10.0. The third-order valence-electron chi connectivity index (χ3n) is 2.71. The van der Waals surface area contributed by atoms with E-state index in [4.69, 9.17) is 0 Å². The minimum absolute atomic E-state index is 0.230. The summed E-state index contributed by atoms with van der Waals surface area (Å²) in [4.78, 5) is 4.25. The molecule has 2 aromatic rings. The molecule has 1 aromatic heterocycles. The zero-order valence-electron chi connectivity index (χ0n) is 10.3. The van der Waals surface area contributed by atoms with E-state index in [1.807, 2.05) is 24.7 Å². The molecule has 1 atom stereocenters. The van der Waals surface area contributed by atoms with Crippen molar-refractivity contribution < 1.29 is 8.78 Å². The highest BCUT2D eigenvalue weighted by Gasteiger charge is 2.17. The monoisotopic (exact) mass is 251 g/mol. The fourth-order valence-corrected chi connectivity index (χ4v) is 1.87. The second kappa shape index (κ2) is 5.27. The van der Waals surface area contributed by atoms with Crippen LogP contribution in [0.5, 0.6) is 0 Å². The van der Waals surface area contributed by atoms with Crippen LogP contribution in [0.25, 0.3) is 0 Å². The summed E-state index contributed by atoms with van der Waals surface area (Å²) in [5, 5.41) is 3.21. The van der Waals surface area contributed by atoms with E-state index in [0.717, 1.165) is 11.8 Å². The number of aryl methyl sites for hydroxylation is 1. The molecule has 5 heteroatoms. The molecular weight excluding hydrogens is 236 g/mol. The predicted molar refractivity (Wildman–Crippen MR) is 65.1 cm³/mol. The molecule has 0 aliphatic rings. The van der Waals surface area contributed by atoms with Crippen molar-refractivity contribution in [3.8, 4) is 0 Å². The Kier molecular flexibility index (Phi) is 3.72. The van der Waals surface area contributed by atoms with Gasteiger partial charge in [0.15, 0.2) is 11.6 Å². The molecular formula is C13H15F2N3. The van der Waals surface area contributed by atoms with Crippen molar-refractivity contribution in [3.05, 3.63) is 53.6 Å². The summed E-state index contributed by atoms with van der Waals surface area (Å²) in [6, 6.07) is 3.68. The Balaban J connectivity index is 2.37. The van der Waals surface area contributed by atoms with Gasteiger partial charge in [-0.15, -0.1) is 0 Å². The Bertz CT molecular complexity index is 537. The summed E-state index contributed by atoms with van der Waals surface area (Å²) in [6.07, 6.45) is 3.54. The molecule has 1 aromatic carbocycles. The summed E-state index contributed by atoms with van der Waals surface area (Å²) >= 11 is 0. The zero-order valence-corrected chi connectivity index (χ0v) is 10.3. The third-order valence-corrected chi connectivity index (χ3v) is 2.71. The van der Waals surface area contributed by atoms with Gasteiger partial charge in [0.2, 0.25) is 0 Å². The molecule has 0 bridgehead atoms. The van der Waals surface area contributed by atoms with Gasteiger partial charge in [0.25, 0.3) is 0 Å². The van der Waals surface area contributed by atoms with E-state index >= 15 is 0 Å². The Hall–Kier alpha value is -1.75. The predicted octanol–water partition coefficient (Wildman–Crippen LogP) is 2.40. The van der Waals surface area contributed by atoms with Crippen LogP contribution in [-0.2, 0) is 7.05 Å². The smallest absolute Gasteiger partial charge is 0.159 e. The molecule has 0 amide bonds. The minimum atomic E-state index is -0.841. The summed E-state index contributed by atoms with van der Waals surface area (Å²) < 4.78 is 28.0. The van der Waals surface area contributed by atoms with Gasteiger partial charge in [-0.25, -0.2) is 13.8 Å². The van der Waals surface area contributed by atoms with E-state index in [1.165, 1.54) is 6.07 Å². The normalized spacial score (nSPS) is 12.7. The molecule has 0 spiro atoms. The highest BCUT2D eigenvalue weighted by Crippen LogP contribution is 2.22. The fourth-order valence-electron chi connectivity index (χ4n) is 1.87. The van der Waals surface area contributed by atoms with Crippen molar-refractivity contribution in [1.29, 1.82) is 0 Å². The highest BCUT2D eigenvalue weighted by atomic mass is 19.2. The number of nitrogens with one attached hydrogen (secondary N) is 1. The van der Waals surface area contributed by atoms with Crippen molar-refractivity contribution >= 4 is 0 Å². The van der Waals surface area contributed by atoms with Crippen molar-refractivity contribution in [3.63, 3.8) is 0 Å². The summed E-state index contributed by atoms with van der Waals surface area (Å²) in [6.45, 7) is 2.66. The maximum absolute atomic E-state index is 13.3. The van der Waals surface area contributed by atoms with Crippen LogP contribution in [0.15, 0.2) is 30.7 Å². The second-order valence-corrected chi connectivity index (χ2v) is 4.13. The molecule has 18 heavy (non-hydrogen) atoms. The van der Waals surface area contributed by atoms with E-state index in [9.17, 15) is 8.78 Å². The number of hydrogen-bond acceptors (Lipinski definition) is 2. The minimum Gasteiger partial charge on any atom is -0.340 e. The van der Waals surface area contributed by atoms with Crippen LogP contribution >= 0.6 is 0 Å². The summed E-state index contributed by atoms with van der Waals surface area (Å²) in [5.41, 5.74) is 1.44. The van der Waals surface area contributed by atoms with Crippen LogP contribution < -0.4 is 5.32 Å². The van der Waals surface area contributed by atoms with E-state index in [0.29, 0.717) is 12.1 Å². The number of hydrogen-bond donors (Lipinski definition) is 1. The SMILES string of the molecule is CCNC(c1ccc(F)c(F)c1)c1cn(C)cn1. The van der Waals surface area contributed by atoms with Gasteiger partial charge in [-0.2, -0.15) is 0 Å². The molecule has 0 saturated carbocycles. The van der Waals surface area contributed by atoms with Crippen LogP contribution in [0.3, 0.4) is 0 Å². The summed E-state index contributed by atoms with van der Waals surface area (Å²) in [5.74, 6) is -1.68. The average molecular weight is 251 g/mol. The van der Waals surface area contributed by atoms with Crippen LogP contribution in [-0.4, -0.2) is 16.1 Å². The van der Waals surface area contributed by atoms with Gasteiger partial charge in [-0.05, 0) is 24.2 Å². The maximum atomic E-state index is 13.3. The average Bonchev–Trinajstić information content (AvgIpc) is 2.76. The lowest BCUT2D eigenvalue weighted by Gasteiger charge is -2.16. The standard InChI is InChI=1S/C13H15F2N3/c1-3-16-13(12-7-18(2)8-17-12)9-4-5-10(14)11(15)6-9/h4-8,13,16H,3H2,1-2H3. The molecule has 0 aliphatic carbocycles. The Morgan fingerprint density at radius 2 is 2.11 bits per heavy atom. The Morgan fingerprint density at radius 3 is 2.67 bits per heavy atom. The van der Waals surface area contributed by atoms with Crippen molar-refractivity contribution in [1.82, 2.24) is 14.9 Å². The lowest BCUT2D eigenvalue weighted by Crippen LogP contribution is -2.22. The van der Waals surface area contributed by atoms with Gasteiger partial charge in [0.05, 0.1) is 18.1 Å². The van der Waals surface area contributed by atoms with Gasteiger partial charge in [-0.1, -0.05) is 13.0 Å². The van der Waals surface area contributed by atoms with Gasteiger partial charge in [0, 0.05) is 13.2 Å². The van der Waals surface area contributed by atoms with E-state index in [2.05, 4.69) is 10.3 Å². The molecule has 0 fully saturated rings. The third kappa shape index (κ3) is 2.56. The van der Waals surface area contributed by atoms with Crippen LogP contribution in [0.1, 0.15) is 24.2 Å². The molecule has 1 heterocycles. The fraction of sp³-hybridized carbons (Fsp3) is 0.308. The molecule has 1 N–H and O–H groups in total. The van der Waals surface area contributed by atoms with Crippen molar-refractivity contribution in [2.75, 3.05) is 6.54 Å². The Morgan fingerprint density at radius 1 is 1.33 bits per heavy atom. The molecule has 3 nitrogen and oxygen atoms in total. The number of imidazole rings is 1. The van der Waals surface area contributed by atoms with E-state index in [-0.39, 0.29) is 6.04 Å². The topological polar surface area (TPSA) is 29.9 Å². The van der Waals surface area contributed by atoms with Crippen LogP contribution in [0, 0.1) is 11.6 Å². The van der Waals surface area contributed by atoms with Gasteiger partial charge in [0.1, 0.15) is 0 Å². The second-order valence-electron chi connectivity index (χ2n) is 4.13. The van der Waals surface area contributed by atoms with Crippen LogP contribution in [0.4, 0.5) is 8.78 Å². The van der Waals surface area contributed by atoms with Crippen molar-refractivity contribution in [2.24, 2.45) is 7.05 Å². The van der Waals surface area contributed by atoms with E-state index in [1.54, 1.807) is 12.4 Å². The van der Waals surface area contributed by atoms with E-state index < -0.39 is 11.6 Å². The first-order valence-electron chi connectivity index (χ1n) is 5.78.